The Hall–Kier alpha value is -5.57. The van der Waals surface area contributed by atoms with Crippen LogP contribution in [0.25, 0.3) is 28.1 Å². The summed E-state index contributed by atoms with van der Waals surface area (Å²) in [7, 11) is 4.69. The van der Waals surface area contributed by atoms with Gasteiger partial charge in [0.2, 0.25) is 5.88 Å². The summed E-state index contributed by atoms with van der Waals surface area (Å²) in [6, 6.07) is 29.0. The molecule has 0 saturated carbocycles. The molecule has 4 aromatic carbocycles. The van der Waals surface area contributed by atoms with E-state index in [1.54, 1.807) is 68.5 Å². The zero-order valence-electron chi connectivity index (χ0n) is 23.6. The minimum atomic E-state index is -0.491. The molecule has 0 atom stereocenters. The Balaban J connectivity index is 1.61. The summed E-state index contributed by atoms with van der Waals surface area (Å²) in [5, 5.41) is 7.81. The monoisotopic (exact) mass is 563 g/mol. The van der Waals surface area contributed by atoms with Gasteiger partial charge in [0.25, 0.3) is 5.91 Å². The molecule has 0 aliphatic carbocycles. The molecule has 0 fully saturated rings. The molecule has 0 radical (unpaired) electrons. The maximum atomic E-state index is 12.9. The van der Waals surface area contributed by atoms with Crippen LogP contribution in [0.5, 0.6) is 23.1 Å². The average molecular weight is 564 g/mol. The fourth-order valence-corrected chi connectivity index (χ4v) is 4.51. The van der Waals surface area contributed by atoms with Crippen LogP contribution in [-0.2, 0) is 4.79 Å². The number of rotatable bonds is 9. The standard InChI is InChI=1S/C33H29N3O6/c1-21(37)42-33-30(22-13-16-25(17-14-22)34-32(38)24-9-8-12-27(19-24)39-2)31(35-36(33)26-10-6-5-7-11-26)23-15-18-28(40-3)29(20-23)41-4/h5-20H,1-4H3,(H,34,38). The first-order chi connectivity index (χ1) is 20.4. The van der Waals surface area contributed by atoms with E-state index in [0.29, 0.717) is 45.4 Å². The Kier molecular flexibility index (Phi) is 8.19. The van der Waals surface area contributed by atoms with Crippen molar-refractivity contribution in [2.75, 3.05) is 26.6 Å². The predicted octanol–water partition coefficient (Wildman–Crippen LogP) is 6.41. The third-order valence-corrected chi connectivity index (χ3v) is 6.50. The number of ether oxygens (including phenoxy) is 4. The number of hydrogen-bond acceptors (Lipinski definition) is 7. The van der Waals surface area contributed by atoms with Crippen molar-refractivity contribution < 1.29 is 28.5 Å². The van der Waals surface area contributed by atoms with Gasteiger partial charge in [-0.3, -0.25) is 9.59 Å². The van der Waals surface area contributed by atoms with E-state index in [0.717, 1.165) is 11.1 Å². The third-order valence-electron chi connectivity index (χ3n) is 6.50. The van der Waals surface area contributed by atoms with Gasteiger partial charge in [0.1, 0.15) is 11.4 Å². The Morgan fingerprint density at radius 3 is 2.12 bits per heavy atom. The largest absolute Gasteiger partial charge is 0.497 e. The lowest BCUT2D eigenvalue weighted by Crippen LogP contribution is -2.11. The number of para-hydroxylation sites is 1. The normalized spacial score (nSPS) is 10.6. The van der Waals surface area contributed by atoms with Gasteiger partial charge >= 0.3 is 5.97 Å². The van der Waals surface area contributed by atoms with Gasteiger partial charge < -0.3 is 24.3 Å². The first-order valence-electron chi connectivity index (χ1n) is 13.1. The lowest BCUT2D eigenvalue weighted by molar-refractivity contribution is -0.132. The summed E-state index contributed by atoms with van der Waals surface area (Å²) in [6.07, 6.45) is 0. The van der Waals surface area contributed by atoms with Gasteiger partial charge in [0.05, 0.1) is 32.6 Å². The van der Waals surface area contributed by atoms with Gasteiger partial charge in [0.15, 0.2) is 11.5 Å². The van der Waals surface area contributed by atoms with Crippen molar-refractivity contribution in [2.24, 2.45) is 0 Å². The van der Waals surface area contributed by atoms with Crippen LogP contribution in [-0.4, -0.2) is 43.0 Å². The van der Waals surface area contributed by atoms with Gasteiger partial charge in [-0.05, 0) is 66.2 Å². The highest BCUT2D eigenvalue weighted by Crippen LogP contribution is 2.43. The topological polar surface area (TPSA) is 101 Å². The van der Waals surface area contributed by atoms with Crippen molar-refractivity contribution in [1.82, 2.24) is 9.78 Å². The number of aromatic nitrogens is 2. The molecule has 0 aliphatic rings. The predicted molar refractivity (Wildman–Crippen MR) is 160 cm³/mol. The summed E-state index contributed by atoms with van der Waals surface area (Å²) in [4.78, 5) is 25.2. The molecule has 0 aliphatic heterocycles. The first-order valence-corrected chi connectivity index (χ1v) is 13.1. The van der Waals surface area contributed by atoms with Crippen molar-refractivity contribution in [3.63, 3.8) is 0 Å². The second kappa shape index (κ2) is 12.3. The van der Waals surface area contributed by atoms with Gasteiger partial charge in [-0.15, -0.1) is 0 Å². The number of benzene rings is 4. The molecule has 0 unspecified atom stereocenters. The molecule has 42 heavy (non-hydrogen) atoms. The van der Waals surface area contributed by atoms with Crippen LogP contribution in [0, 0.1) is 0 Å². The molecule has 0 bridgehead atoms. The minimum Gasteiger partial charge on any atom is -0.497 e. The van der Waals surface area contributed by atoms with Crippen LogP contribution in [0.1, 0.15) is 17.3 Å². The fraction of sp³-hybridized carbons (Fsp3) is 0.121. The zero-order chi connectivity index (χ0) is 29.6. The summed E-state index contributed by atoms with van der Waals surface area (Å²) < 4.78 is 23.6. The Morgan fingerprint density at radius 1 is 0.738 bits per heavy atom. The average Bonchev–Trinajstić information content (AvgIpc) is 3.39. The third kappa shape index (κ3) is 5.80. The first kappa shape index (κ1) is 28.0. The van der Waals surface area contributed by atoms with E-state index in [2.05, 4.69) is 5.32 Å². The quantitative estimate of drug-likeness (QED) is 0.207. The van der Waals surface area contributed by atoms with Gasteiger partial charge in [-0.25, -0.2) is 0 Å². The van der Waals surface area contributed by atoms with E-state index in [-0.39, 0.29) is 11.8 Å². The number of carbonyl (C=O) groups excluding carboxylic acids is 2. The molecule has 1 aromatic heterocycles. The summed E-state index contributed by atoms with van der Waals surface area (Å²) in [6.45, 7) is 1.35. The van der Waals surface area contributed by atoms with E-state index in [1.807, 2.05) is 54.6 Å². The van der Waals surface area contributed by atoms with Crippen LogP contribution in [0.4, 0.5) is 5.69 Å². The Labute approximate surface area is 243 Å². The van der Waals surface area contributed by atoms with E-state index in [9.17, 15) is 9.59 Å². The molecular formula is C33H29N3O6. The summed E-state index contributed by atoms with van der Waals surface area (Å²) in [5.41, 5.74) is 4.36. The molecular weight excluding hydrogens is 534 g/mol. The molecule has 9 heteroatoms. The van der Waals surface area contributed by atoms with Gasteiger partial charge in [-0.2, -0.15) is 9.78 Å². The fourth-order valence-electron chi connectivity index (χ4n) is 4.51. The highest BCUT2D eigenvalue weighted by Gasteiger charge is 2.25. The van der Waals surface area contributed by atoms with Crippen LogP contribution in [0.3, 0.4) is 0 Å². The summed E-state index contributed by atoms with van der Waals surface area (Å²) >= 11 is 0. The molecule has 9 nitrogen and oxygen atoms in total. The number of esters is 1. The van der Waals surface area contributed by atoms with Crippen molar-refractivity contribution in [1.29, 1.82) is 0 Å². The molecule has 0 saturated heterocycles. The molecule has 212 valence electrons. The molecule has 5 rings (SSSR count). The van der Waals surface area contributed by atoms with E-state index in [1.165, 1.54) is 6.92 Å². The van der Waals surface area contributed by atoms with E-state index >= 15 is 0 Å². The van der Waals surface area contributed by atoms with Crippen LogP contribution in [0.15, 0.2) is 97.1 Å². The number of amides is 1. The van der Waals surface area contributed by atoms with Gasteiger partial charge in [0, 0.05) is 23.7 Å². The molecule has 1 N–H and O–H groups in total. The Bertz CT molecular complexity index is 1730. The van der Waals surface area contributed by atoms with Crippen molar-refractivity contribution >= 4 is 17.6 Å². The number of nitrogens with zero attached hydrogens (tertiary/aromatic N) is 2. The highest BCUT2D eigenvalue weighted by atomic mass is 16.5. The number of anilines is 1. The zero-order valence-corrected chi connectivity index (χ0v) is 23.6. The molecule has 1 heterocycles. The molecule has 5 aromatic rings. The van der Waals surface area contributed by atoms with Crippen LogP contribution in [0.2, 0.25) is 0 Å². The molecule has 1 amide bonds. The SMILES string of the molecule is COc1cccc(C(=O)Nc2ccc(-c3c(-c4ccc(OC)c(OC)c4)nn(-c4ccccc4)c3OC(C)=O)cc2)c1. The van der Waals surface area contributed by atoms with Crippen molar-refractivity contribution in [2.45, 2.75) is 6.92 Å². The van der Waals surface area contributed by atoms with E-state index < -0.39 is 5.97 Å². The second-order valence-electron chi connectivity index (χ2n) is 9.20. The lowest BCUT2D eigenvalue weighted by Gasteiger charge is -2.11. The maximum Gasteiger partial charge on any atom is 0.309 e. The molecule has 0 spiro atoms. The Morgan fingerprint density at radius 2 is 1.45 bits per heavy atom. The number of hydrogen-bond donors (Lipinski definition) is 1. The minimum absolute atomic E-state index is 0.256. The smallest absolute Gasteiger partial charge is 0.309 e. The maximum absolute atomic E-state index is 12.9. The van der Waals surface area contributed by atoms with Crippen LogP contribution < -0.4 is 24.3 Å². The highest BCUT2D eigenvalue weighted by molar-refractivity contribution is 6.04. The van der Waals surface area contributed by atoms with E-state index in [4.69, 9.17) is 24.0 Å². The summed E-state index contributed by atoms with van der Waals surface area (Å²) in [5.74, 6) is 1.18. The van der Waals surface area contributed by atoms with Crippen LogP contribution >= 0.6 is 0 Å². The van der Waals surface area contributed by atoms with Gasteiger partial charge in [-0.1, -0.05) is 36.4 Å². The number of nitrogens with one attached hydrogen (secondary N) is 1. The van der Waals surface area contributed by atoms with Crippen molar-refractivity contribution in [3.8, 4) is 51.2 Å². The lowest BCUT2D eigenvalue weighted by atomic mass is 10.0. The second-order valence-corrected chi connectivity index (χ2v) is 9.20. The van der Waals surface area contributed by atoms with Crippen molar-refractivity contribution in [3.05, 3.63) is 103 Å². The number of carbonyl (C=O) groups is 2. The number of methoxy groups -OCH3 is 3.